The summed E-state index contributed by atoms with van der Waals surface area (Å²) in [5.41, 5.74) is 0.882. The number of anilines is 1. The van der Waals surface area contributed by atoms with Crippen LogP contribution in [0.15, 0.2) is 46.9 Å². The van der Waals surface area contributed by atoms with E-state index in [-0.39, 0.29) is 24.0 Å². The van der Waals surface area contributed by atoms with Gasteiger partial charge in [-0.1, -0.05) is 6.07 Å². The largest absolute Gasteiger partial charge is 0.360 e. The molecule has 1 saturated heterocycles. The third-order valence-corrected chi connectivity index (χ3v) is 5.64. The molecule has 1 aliphatic heterocycles. The van der Waals surface area contributed by atoms with Crippen molar-refractivity contribution in [3.05, 3.63) is 47.7 Å². The summed E-state index contributed by atoms with van der Waals surface area (Å²) < 4.78 is 2.03. The maximum atomic E-state index is 4.84. The number of fused-ring (bicyclic) bond motifs is 1. The molecular formula is C19H26IN7S. The first-order chi connectivity index (χ1) is 13.3. The number of hydrogen-bond acceptors (Lipinski definition) is 5. The Balaban J connectivity index is 0.00000225. The van der Waals surface area contributed by atoms with Crippen molar-refractivity contribution in [2.45, 2.75) is 13.3 Å². The molecule has 1 N–H and O–H groups in total. The highest BCUT2D eigenvalue weighted by molar-refractivity contribution is 14.0. The number of aliphatic imine (C=N–C) groups is 1. The second-order valence-corrected chi connectivity index (χ2v) is 7.38. The van der Waals surface area contributed by atoms with Gasteiger partial charge >= 0.3 is 0 Å². The van der Waals surface area contributed by atoms with Crippen LogP contribution in [0.2, 0.25) is 0 Å². The number of halogens is 1. The fourth-order valence-corrected chi connectivity index (χ4v) is 4.12. The summed E-state index contributed by atoms with van der Waals surface area (Å²) in [6, 6.07) is 10.3. The SMILES string of the molecule is CCNC(=NCCc1nnc2ccccn12)N1CCN(c2cccs2)CC1.I. The van der Waals surface area contributed by atoms with Gasteiger partial charge in [-0.25, -0.2) is 0 Å². The van der Waals surface area contributed by atoms with Crippen LogP contribution < -0.4 is 10.2 Å². The number of piperazine rings is 1. The number of guanidine groups is 1. The molecule has 3 aromatic rings. The third kappa shape index (κ3) is 4.75. The lowest BCUT2D eigenvalue weighted by Gasteiger charge is -2.37. The van der Waals surface area contributed by atoms with Crippen LogP contribution >= 0.6 is 35.3 Å². The van der Waals surface area contributed by atoms with Crippen LogP contribution in [0.1, 0.15) is 12.7 Å². The Bertz CT molecular complexity index is 885. The summed E-state index contributed by atoms with van der Waals surface area (Å²) >= 11 is 1.81. The number of aromatic nitrogens is 3. The molecule has 7 nitrogen and oxygen atoms in total. The van der Waals surface area contributed by atoms with E-state index in [9.17, 15) is 0 Å². The number of hydrogen-bond donors (Lipinski definition) is 1. The maximum Gasteiger partial charge on any atom is 0.194 e. The van der Waals surface area contributed by atoms with Gasteiger partial charge < -0.3 is 15.1 Å². The average Bonchev–Trinajstić information content (AvgIpc) is 3.38. The van der Waals surface area contributed by atoms with Gasteiger partial charge in [0.25, 0.3) is 0 Å². The third-order valence-electron chi connectivity index (χ3n) is 4.71. The topological polar surface area (TPSA) is 61.1 Å². The summed E-state index contributed by atoms with van der Waals surface area (Å²) in [4.78, 5) is 9.65. The number of pyridine rings is 1. The van der Waals surface area contributed by atoms with Gasteiger partial charge in [-0.05, 0) is 36.6 Å². The Labute approximate surface area is 186 Å². The van der Waals surface area contributed by atoms with Gasteiger partial charge in [-0.2, -0.15) is 0 Å². The number of nitrogens with one attached hydrogen (secondary N) is 1. The molecular weight excluding hydrogens is 485 g/mol. The first-order valence-electron chi connectivity index (χ1n) is 9.45. The highest BCUT2D eigenvalue weighted by Crippen LogP contribution is 2.22. The molecule has 150 valence electrons. The van der Waals surface area contributed by atoms with Crippen LogP contribution in [-0.4, -0.2) is 64.7 Å². The monoisotopic (exact) mass is 511 g/mol. The summed E-state index contributed by atoms with van der Waals surface area (Å²) in [5, 5.41) is 15.4. The maximum absolute atomic E-state index is 4.84. The summed E-state index contributed by atoms with van der Waals surface area (Å²) in [6.07, 6.45) is 2.78. The van der Waals surface area contributed by atoms with E-state index in [1.165, 1.54) is 5.00 Å². The van der Waals surface area contributed by atoms with Crippen molar-refractivity contribution in [2.75, 3.05) is 44.2 Å². The van der Waals surface area contributed by atoms with E-state index < -0.39 is 0 Å². The summed E-state index contributed by atoms with van der Waals surface area (Å²) in [6.45, 7) is 7.71. The first-order valence-corrected chi connectivity index (χ1v) is 10.3. The number of nitrogens with zero attached hydrogens (tertiary/aromatic N) is 6. The van der Waals surface area contributed by atoms with Crippen molar-refractivity contribution < 1.29 is 0 Å². The normalized spacial score (nSPS) is 15.0. The van der Waals surface area contributed by atoms with Gasteiger partial charge in [0.05, 0.1) is 5.00 Å². The minimum Gasteiger partial charge on any atom is -0.360 e. The number of rotatable bonds is 5. The molecule has 3 aromatic heterocycles. The second-order valence-electron chi connectivity index (χ2n) is 6.46. The van der Waals surface area contributed by atoms with E-state index >= 15 is 0 Å². The number of thiophene rings is 1. The minimum absolute atomic E-state index is 0. The molecule has 0 atom stereocenters. The Kier molecular flexibility index (Phi) is 7.49. The van der Waals surface area contributed by atoms with Gasteiger partial charge in [-0.15, -0.1) is 45.5 Å². The van der Waals surface area contributed by atoms with Crippen molar-refractivity contribution >= 4 is 51.9 Å². The van der Waals surface area contributed by atoms with E-state index in [0.29, 0.717) is 6.54 Å². The van der Waals surface area contributed by atoms with Crippen LogP contribution in [0.3, 0.4) is 0 Å². The van der Waals surface area contributed by atoms with Crippen LogP contribution in [0.25, 0.3) is 5.65 Å². The molecule has 0 radical (unpaired) electrons. The van der Waals surface area contributed by atoms with Gasteiger partial charge in [0.15, 0.2) is 11.6 Å². The molecule has 1 fully saturated rings. The van der Waals surface area contributed by atoms with E-state index in [0.717, 1.165) is 56.6 Å². The van der Waals surface area contributed by atoms with E-state index in [2.05, 4.69) is 49.8 Å². The van der Waals surface area contributed by atoms with Crippen molar-refractivity contribution in [1.29, 1.82) is 0 Å². The lowest BCUT2D eigenvalue weighted by Crippen LogP contribution is -2.52. The molecule has 0 aromatic carbocycles. The predicted octanol–water partition coefficient (Wildman–Crippen LogP) is 2.74. The smallest absolute Gasteiger partial charge is 0.194 e. The fraction of sp³-hybridized carbons (Fsp3) is 0.421. The van der Waals surface area contributed by atoms with Crippen LogP contribution in [-0.2, 0) is 6.42 Å². The zero-order valence-electron chi connectivity index (χ0n) is 16.0. The standard InChI is InChI=1S/C19H25N7S.HI/c1-2-20-19(25-13-11-24(12-14-25)18-7-5-15-27-18)21-9-8-17-23-22-16-6-3-4-10-26(16)17;/h3-7,10,15H,2,8-9,11-14H2,1H3,(H,20,21);1H. The molecule has 0 spiro atoms. The van der Waals surface area contributed by atoms with Gasteiger partial charge in [0, 0.05) is 51.9 Å². The zero-order chi connectivity index (χ0) is 18.5. The van der Waals surface area contributed by atoms with Crippen molar-refractivity contribution in [2.24, 2.45) is 4.99 Å². The molecule has 4 rings (SSSR count). The van der Waals surface area contributed by atoms with Gasteiger partial charge in [0.1, 0.15) is 5.82 Å². The predicted molar refractivity (Wildman–Crippen MR) is 126 cm³/mol. The zero-order valence-corrected chi connectivity index (χ0v) is 19.1. The Morgan fingerprint density at radius 2 is 2.00 bits per heavy atom. The molecule has 0 aliphatic carbocycles. The highest BCUT2D eigenvalue weighted by atomic mass is 127. The van der Waals surface area contributed by atoms with Crippen LogP contribution in [0.5, 0.6) is 0 Å². The molecule has 0 amide bonds. The average molecular weight is 511 g/mol. The quantitative estimate of drug-likeness (QED) is 0.325. The Hall–Kier alpha value is -1.88. The molecule has 0 saturated carbocycles. The molecule has 1 aliphatic rings. The van der Waals surface area contributed by atoms with E-state index in [4.69, 9.17) is 4.99 Å². The lowest BCUT2D eigenvalue weighted by atomic mass is 10.3. The molecule has 0 unspecified atom stereocenters. The molecule has 0 bridgehead atoms. The van der Waals surface area contributed by atoms with Gasteiger partial charge in [-0.3, -0.25) is 9.39 Å². The molecule has 9 heteroatoms. The Morgan fingerprint density at radius 3 is 2.75 bits per heavy atom. The molecule has 28 heavy (non-hydrogen) atoms. The van der Waals surface area contributed by atoms with E-state index in [1.54, 1.807) is 0 Å². The minimum atomic E-state index is 0. The second kappa shape index (κ2) is 10.1. The Morgan fingerprint density at radius 1 is 1.14 bits per heavy atom. The lowest BCUT2D eigenvalue weighted by molar-refractivity contribution is 0.373. The summed E-state index contributed by atoms with van der Waals surface area (Å²) in [7, 11) is 0. The van der Waals surface area contributed by atoms with Crippen molar-refractivity contribution in [3.63, 3.8) is 0 Å². The first kappa shape index (κ1) is 20.8. The van der Waals surface area contributed by atoms with E-state index in [1.807, 2.05) is 40.1 Å². The van der Waals surface area contributed by atoms with Gasteiger partial charge in [0.2, 0.25) is 0 Å². The van der Waals surface area contributed by atoms with Crippen molar-refractivity contribution in [1.82, 2.24) is 24.8 Å². The summed E-state index contributed by atoms with van der Waals surface area (Å²) in [5.74, 6) is 1.95. The molecule has 4 heterocycles. The van der Waals surface area contributed by atoms with Crippen molar-refractivity contribution in [3.8, 4) is 0 Å². The van der Waals surface area contributed by atoms with Crippen LogP contribution in [0.4, 0.5) is 5.00 Å². The highest BCUT2D eigenvalue weighted by Gasteiger charge is 2.20. The van der Waals surface area contributed by atoms with Crippen LogP contribution in [0, 0.1) is 0 Å². The fourth-order valence-electron chi connectivity index (χ4n) is 3.34.